The maximum Gasteiger partial charge on any atom is 0.181 e. The van der Waals surface area contributed by atoms with Gasteiger partial charge in [0.15, 0.2) is 12.2 Å². The SMILES string of the molecule is CCCNCc1ncoc1-c1ccc(Cl)c(Cl)c1. The number of benzene rings is 1. The molecule has 0 bridgehead atoms. The highest BCUT2D eigenvalue weighted by atomic mass is 35.5. The van der Waals surface area contributed by atoms with Gasteiger partial charge in [-0.25, -0.2) is 4.98 Å². The number of halogens is 2. The summed E-state index contributed by atoms with van der Waals surface area (Å²) in [6.45, 7) is 3.75. The Hall–Kier alpha value is -1.03. The van der Waals surface area contributed by atoms with Crippen molar-refractivity contribution in [2.24, 2.45) is 0 Å². The molecule has 18 heavy (non-hydrogen) atoms. The van der Waals surface area contributed by atoms with E-state index in [-0.39, 0.29) is 0 Å². The summed E-state index contributed by atoms with van der Waals surface area (Å²) in [5.74, 6) is 0.733. The van der Waals surface area contributed by atoms with Gasteiger partial charge >= 0.3 is 0 Å². The predicted octanol–water partition coefficient (Wildman–Crippen LogP) is 4.15. The minimum Gasteiger partial charge on any atom is -0.443 e. The summed E-state index contributed by atoms with van der Waals surface area (Å²) in [5, 5.41) is 4.34. The zero-order valence-electron chi connectivity index (χ0n) is 10.0. The molecule has 0 radical (unpaired) electrons. The third-order valence-electron chi connectivity index (χ3n) is 2.54. The average Bonchev–Trinajstić information content (AvgIpc) is 2.81. The van der Waals surface area contributed by atoms with E-state index in [9.17, 15) is 0 Å². The molecule has 1 aromatic heterocycles. The van der Waals surface area contributed by atoms with Gasteiger partial charge in [0.25, 0.3) is 0 Å². The van der Waals surface area contributed by atoms with Crippen LogP contribution >= 0.6 is 23.2 Å². The second kappa shape index (κ2) is 6.23. The van der Waals surface area contributed by atoms with Gasteiger partial charge in [-0.1, -0.05) is 30.1 Å². The molecule has 3 nitrogen and oxygen atoms in total. The third kappa shape index (κ3) is 3.05. The topological polar surface area (TPSA) is 38.1 Å². The van der Waals surface area contributed by atoms with Crippen LogP contribution in [0.3, 0.4) is 0 Å². The van der Waals surface area contributed by atoms with E-state index >= 15 is 0 Å². The second-order valence-electron chi connectivity index (χ2n) is 3.93. The molecule has 0 amide bonds. The van der Waals surface area contributed by atoms with Crippen LogP contribution < -0.4 is 5.32 Å². The fraction of sp³-hybridized carbons (Fsp3) is 0.308. The van der Waals surface area contributed by atoms with Crippen molar-refractivity contribution in [2.75, 3.05) is 6.54 Å². The first-order valence-corrected chi connectivity index (χ1v) is 6.56. The zero-order valence-corrected chi connectivity index (χ0v) is 11.6. The number of nitrogens with one attached hydrogen (secondary N) is 1. The Kier molecular flexibility index (Phi) is 4.64. The first-order chi connectivity index (χ1) is 8.72. The molecule has 0 aliphatic heterocycles. The summed E-state index contributed by atoms with van der Waals surface area (Å²) < 4.78 is 5.42. The number of rotatable bonds is 5. The summed E-state index contributed by atoms with van der Waals surface area (Å²) >= 11 is 11.9. The molecule has 0 saturated heterocycles. The van der Waals surface area contributed by atoms with Crippen molar-refractivity contribution in [3.63, 3.8) is 0 Å². The molecule has 0 aliphatic carbocycles. The number of aromatic nitrogens is 1. The Morgan fingerprint density at radius 1 is 1.28 bits per heavy atom. The molecule has 0 aliphatic rings. The van der Waals surface area contributed by atoms with Gasteiger partial charge in [-0.2, -0.15) is 0 Å². The van der Waals surface area contributed by atoms with E-state index < -0.39 is 0 Å². The van der Waals surface area contributed by atoms with E-state index in [0.717, 1.165) is 30.0 Å². The van der Waals surface area contributed by atoms with Crippen LogP contribution in [0.5, 0.6) is 0 Å². The van der Waals surface area contributed by atoms with Gasteiger partial charge in [-0.15, -0.1) is 0 Å². The predicted molar refractivity (Wildman–Crippen MR) is 74.0 cm³/mol. The molecule has 1 heterocycles. The van der Waals surface area contributed by atoms with Crippen molar-refractivity contribution in [2.45, 2.75) is 19.9 Å². The maximum absolute atomic E-state index is 6.00. The largest absolute Gasteiger partial charge is 0.443 e. The third-order valence-corrected chi connectivity index (χ3v) is 3.28. The second-order valence-corrected chi connectivity index (χ2v) is 4.75. The van der Waals surface area contributed by atoms with Gasteiger partial charge in [0.05, 0.1) is 10.0 Å². The molecule has 1 N–H and O–H groups in total. The fourth-order valence-electron chi connectivity index (χ4n) is 1.65. The Morgan fingerprint density at radius 2 is 2.11 bits per heavy atom. The standard InChI is InChI=1S/C13H14Cl2N2O/c1-2-5-16-7-12-13(18-8-17-12)9-3-4-10(14)11(15)6-9/h3-4,6,8,16H,2,5,7H2,1H3. The molecule has 0 unspecified atom stereocenters. The van der Waals surface area contributed by atoms with Crippen molar-refractivity contribution in [1.82, 2.24) is 10.3 Å². The van der Waals surface area contributed by atoms with E-state index in [4.69, 9.17) is 27.6 Å². The summed E-state index contributed by atoms with van der Waals surface area (Å²) in [5.41, 5.74) is 1.76. The Labute approximate surface area is 116 Å². The van der Waals surface area contributed by atoms with E-state index in [0.29, 0.717) is 16.6 Å². The minimum absolute atomic E-state index is 0.512. The molecule has 96 valence electrons. The quantitative estimate of drug-likeness (QED) is 0.839. The lowest BCUT2D eigenvalue weighted by Gasteiger charge is -2.04. The van der Waals surface area contributed by atoms with Crippen molar-refractivity contribution in [3.05, 3.63) is 40.3 Å². The Bertz CT molecular complexity index is 525. The van der Waals surface area contributed by atoms with Crippen molar-refractivity contribution in [1.29, 1.82) is 0 Å². The Morgan fingerprint density at radius 3 is 2.83 bits per heavy atom. The average molecular weight is 285 g/mol. The first-order valence-electron chi connectivity index (χ1n) is 5.81. The zero-order chi connectivity index (χ0) is 13.0. The fourth-order valence-corrected chi connectivity index (χ4v) is 1.95. The molecular formula is C13H14Cl2N2O. The lowest BCUT2D eigenvalue weighted by Crippen LogP contribution is -2.14. The van der Waals surface area contributed by atoms with Gasteiger partial charge in [-0.05, 0) is 31.2 Å². The molecule has 0 fully saturated rings. The van der Waals surface area contributed by atoms with Gasteiger partial charge in [-0.3, -0.25) is 0 Å². The number of hydrogen-bond acceptors (Lipinski definition) is 3. The van der Waals surface area contributed by atoms with Crippen LogP contribution in [0, 0.1) is 0 Å². The summed E-state index contributed by atoms with van der Waals surface area (Å²) in [4.78, 5) is 4.21. The molecule has 1 aromatic carbocycles. The van der Waals surface area contributed by atoms with Crippen LogP contribution in [0.1, 0.15) is 19.0 Å². The summed E-state index contributed by atoms with van der Waals surface area (Å²) in [7, 11) is 0. The normalized spacial score (nSPS) is 10.8. The maximum atomic E-state index is 6.00. The lowest BCUT2D eigenvalue weighted by molar-refractivity contribution is 0.569. The molecule has 0 atom stereocenters. The van der Waals surface area contributed by atoms with Crippen LogP contribution in [-0.2, 0) is 6.54 Å². The highest BCUT2D eigenvalue weighted by Crippen LogP contribution is 2.30. The Balaban J connectivity index is 2.22. The van der Waals surface area contributed by atoms with E-state index in [1.807, 2.05) is 6.07 Å². The van der Waals surface area contributed by atoms with Crippen LogP contribution in [0.2, 0.25) is 10.0 Å². The van der Waals surface area contributed by atoms with E-state index in [2.05, 4.69) is 17.2 Å². The number of nitrogens with zero attached hydrogens (tertiary/aromatic N) is 1. The highest BCUT2D eigenvalue weighted by Gasteiger charge is 2.11. The smallest absolute Gasteiger partial charge is 0.181 e. The van der Waals surface area contributed by atoms with Crippen molar-refractivity contribution < 1.29 is 4.42 Å². The minimum atomic E-state index is 0.512. The highest BCUT2D eigenvalue weighted by molar-refractivity contribution is 6.42. The first kappa shape index (κ1) is 13.4. The number of oxazole rings is 1. The summed E-state index contributed by atoms with van der Waals surface area (Å²) in [6.07, 6.45) is 2.53. The molecule has 2 rings (SSSR count). The monoisotopic (exact) mass is 284 g/mol. The molecular weight excluding hydrogens is 271 g/mol. The lowest BCUT2D eigenvalue weighted by atomic mass is 10.1. The van der Waals surface area contributed by atoms with Gasteiger partial charge in [0, 0.05) is 12.1 Å². The van der Waals surface area contributed by atoms with Gasteiger partial charge in [0.1, 0.15) is 5.69 Å². The van der Waals surface area contributed by atoms with Gasteiger partial charge < -0.3 is 9.73 Å². The van der Waals surface area contributed by atoms with Crippen molar-refractivity contribution >= 4 is 23.2 Å². The van der Waals surface area contributed by atoms with Crippen LogP contribution in [0.25, 0.3) is 11.3 Å². The molecule has 5 heteroatoms. The van der Waals surface area contributed by atoms with E-state index in [1.54, 1.807) is 12.1 Å². The molecule has 0 spiro atoms. The molecule has 2 aromatic rings. The van der Waals surface area contributed by atoms with Crippen LogP contribution in [0.15, 0.2) is 29.0 Å². The van der Waals surface area contributed by atoms with Gasteiger partial charge in [0.2, 0.25) is 0 Å². The van der Waals surface area contributed by atoms with E-state index in [1.165, 1.54) is 6.39 Å². The summed E-state index contributed by atoms with van der Waals surface area (Å²) in [6, 6.07) is 5.41. The van der Waals surface area contributed by atoms with Crippen molar-refractivity contribution in [3.8, 4) is 11.3 Å². The number of hydrogen-bond donors (Lipinski definition) is 1. The molecule has 0 saturated carbocycles. The van der Waals surface area contributed by atoms with Crippen LogP contribution in [0.4, 0.5) is 0 Å². The van der Waals surface area contributed by atoms with Crippen LogP contribution in [-0.4, -0.2) is 11.5 Å².